The minimum atomic E-state index is -0.960. The Balaban J connectivity index is 1.67. The molecule has 1 aromatic carbocycles. The first-order chi connectivity index (χ1) is 16.6. The summed E-state index contributed by atoms with van der Waals surface area (Å²) in [7, 11) is 0. The second-order valence-corrected chi connectivity index (χ2v) is 9.22. The molecule has 0 aliphatic rings. The Hall–Kier alpha value is -2.69. The van der Waals surface area contributed by atoms with Gasteiger partial charge >= 0.3 is 5.97 Å². The number of unbranched alkanes of at least 4 members (excludes halogenated alkanes) is 11. The van der Waals surface area contributed by atoms with E-state index in [1.54, 1.807) is 12.4 Å². The van der Waals surface area contributed by atoms with Crippen LogP contribution in [0.15, 0.2) is 48.8 Å². The van der Waals surface area contributed by atoms with E-state index in [1.807, 2.05) is 30.3 Å². The topological polar surface area (TPSA) is 79.3 Å². The molecule has 0 bridgehead atoms. The van der Waals surface area contributed by atoms with Gasteiger partial charge in [0.05, 0.1) is 18.0 Å². The number of aromatic nitrogens is 1. The minimum Gasteiger partial charge on any atom is -0.481 e. The Kier molecular flexibility index (Phi) is 13.7. The third-order valence-corrected chi connectivity index (χ3v) is 6.29. The van der Waals surface area contributed by atoms with Crippen LogP contribution >= 0.6 is 0 Å². The molecule has 1 aromatic heterocycles. The van der Waals surface area contributed by atoms with Gasteiger partial charge in [-0.3, -0.25) is 14.6 Å². The van der Waals surface area contributed by atoms with Gasteiger partial charge in [-0.15, -0.1) is 0 Å². The fraction of sp³-hybridized carbons (Fsp3) is 0.552. The van der Waals surface area contributed by atoms with E-state index in [0.717, 1.165) is 23.6 Å². The lowest BCUT2D eigenvalue weighted by Gasteiger charge is -2.14. The van der Waals surface area contributed by atoms with Gasteiger partial charge in [0.15, 0.2) is 0 Å². The van der Waals surface area contributed by atoms with Crippen molar-refractivity contribution in [1.29, 1.82) is 0 Å². The van der Waals surface area contributed by atoms with Gasteiger partial charge in [0, 0.05) is 17.8 Å². The van der Waals surface area contributed by atoms with E-state index >= 15 is 0 Å². The van der Waals surface area contributed by atoms with Gasteiger partial charge < -0.3 is 10.4 Å². The quantitative estimate of drug-likeness (QED) is 0.173. The zero-order chi connectivity index (χ0) is 24.4. The first-order valence-corrected chi connectivity index (χ1v) is 13.1. The number of carboxylic acid groups (broad SMARTS) is 1. The number of nitrogens with one attached hydrogen (secondary N) is 1. The number of hydrogen-bond donors (Lipinski definition) is 2. The second-order valence-electron chi connectivity index (χ2n) is 9.22. The van der Waals surface area contributed by atoms with Gasteiger partial charge in [0.1, 0.15) is 0 Å². The first-order valence-electron chi connectivity index (χ1n) is 13.1. The van der Waals surface area contributed by atoms with E-state index in [0.29, 0.717) is 12.1 Å². The van der Waals surface area contributed by atoms with E-state index in [2.05, 4.69) is 23.3 Å². The number of rotatable bonds is 18. The number of pyridine rings is 1. The molecule has 0 aliphatic carbocycles. The van der Waals surface area contributed by atoms with Crippen molar-refractivity contribution in [2.75, 3.05) is 5.32 Å². The third-order valence-electron chi connectivity index (χ3n) is 6.29. The molecular weight excluding hydrogens is 424 g/mol. The van der Waals surface area contributed by atoms with Crippen molar-refractivity contribution in [1.82, 2.24) is 4.98 Å². The smallest absolute Gasteiger partial charge is 0.304 e. The van der Waals surface area contributed by atoms with Crippen molar-refractivity contribution >= 4 is 28.3 Å². The summed E-state index contributed by atoms with van der Waals surface area (Å²) in [5.74, 6) is -1.82. The van der Waals surface area contributed by atoms with Gasteiger partial charge in [-0.05, 0) is 36.8 Å². The molecule has 1 unspecified atom stereocenters. The van der Waals surface area contributed by atoms with Crippen LogP contribution in [0.2, 0.25) is 0 Å². The maximum Gasteiger partial charge on any atom is 0.304 e. The van der Waals surface area contributed by atoms with Crippen LogP contribution in [-0.4, -0.2) is 22.0 Å². The van der Waals surface area contributed by atoms with E-state index < -0.39 is 11.9 Å². The van der Waals surface area contributed by atoms with Crippen LogP contribution in [0.1, 0.15) is 96.8 Å². The molecule has 1 heterocycles. The number of fused-ring (bicyclic) bond motifs is 1. The molecule has 0 radical (unpaired) electrons. The predicted octanol–water partition coefficient (Wildman–Crippen LogP) is 7.91. The Morgan fingerprint density at radius 1 is 0.941 bits per heavy atom. The van der Waals surface area contributed by atoms with Crippen molar-refractivity contribution in [3.63, 3.8) is 0 Å². The van der Waals surface area contributed by atoms with Gasteiger partial charge in [0.25, 0.3) is 0 Å². The normalized spacial score (nSPS) is 12.3. The average molecular weight is 467 g/mol. The molecule has 2 N–H and O–H groups in total. The van der Waals surface area contributed by atoms with Crippen LogP contribution in [0.5, 0.6) is 0 Å². The van der Waals surface area contributed by atoms with Crippen molar-refractivity contribution in [3.05, 3.63) is 48.8 Å². The lowest BCUT2D eigenvalue weighted by molar-refractivity contribution is -0.140. The zero-order valence-corrected chi connectivity index (χ0v) is 20.8. The number of anilines is 1. The fourth-order valence-corrected chi connectivity index (χ4v) is 4.26. The highest BCUT2D eigenvalue weighted by molar-refractivity contribution is 6.03. The molecule has 2 rings (SSSR count). The molecule has 0 aliphatic heterocycles. The zero-order valence-electron chi connectivity index (χ0n) is 20.8. The molecule has 5 nitrogen and oxygen atoms in total. The monoisotopic (exact) mass is 466 g/mol. The summed E-state index contributed by atoms with van der Waals surface area (Å²) in [5.41, 5.74) is 0.663. The van der Waals surface area contributed by atoms with Crippen LogP contribution < -0.4 is 5.32 Å². The molecule has 34 heavy (non-hydrogen) atoms. The number of nitrogens with zero attached hydrogens (tertiary/aromatic N) is 1. The van der Waals surface area contributed by atoms with Crippen molar-refractivity contribution < 1.29 is 14.7 Å². The summed E-state index contributed by atoms with van der Waals surface area (Å²) in [6.45, 7) is 2.26. The average Bonchev–Trinajstić information content (AvgIpc) is 2.83. The van der Waals surface area contributed by atoms with Gasteiger partial charge in [-0.2, -0.15) is 0 Å². The van der Waals surface area contributed by atoms with Gasteiger partial charge in [-0.25, -0.2) is 0 Å². The van der Waals surface area contributed by atoms with Crippen LogP contribution in [-0.2, 0) is 9.59 Å². The number of hydrogen-bond acceptors (Lipinski definition) is 3. The van der Waals surface area contributed by atoms with E-state index in [4.69, 9.17) is 0 Å². The fourth-order valence-electron chi connectivity index (χ4n) is 4.26. The van der Waals surface area contributed by atoms with Crippen molar-refractivity contribution in [2.24, 2.45) is 5.92 Å². The maximum atomic E-state index is 12.8. The van der Waals surface area contributed by atoms with Crippen molar-refractivity contribution in [3.8, 4) is 0 Å². The van der Waals surface area contributed by atoms with Crippen molar-refractivity contribution in [2.45, 2.75) is 96.8 Å². The Morgan fingerprint density at radius 2 is 1.62 bits per heavy atom. The van der Waals surface area contributed by atoms with Crippen LogP contribution in [0, 0.1) is 5.92 Å². The summed E-state index contributed by atoms with van der Waals surface area (Å²) in [4.78, 5) is 28.3. The highest BCUT2D eigenvalue weighted by atomic mass is 16.4. The minimum absolute atomic E-state index is 0.183. The highest BCUT2D eigenvalue weighted by Gasteiger charge is 2.21. The molecule has 186 valence electrons. The molecule has 0 saturated carbocycles. The first kappa shape index (κ1) is 27.6. The lowest BCUT2D eigenvalue weighted by Crippen LogP contribution is -2.25. The SMILES string of the molecule is CCCCCCCCCCCCCC=CCC(CC(=O)O)C(=O)Nc1cccc2ccncc12. The molecule has 0 fully saturated rings. The predicted molar refractivity (Wildman–Crippen MR) is 141 cm³/mol. The Morgan fingerprint density at radius 3 is 2.29 bits per heavy atom. The molecule has 1 atom stereocenters. The molecule has 0 saturated heterocycles. The Bertz CT molecular complexity index is 889. The number of aliphatic carboxylic acids is 1. The van der Waals surface area contributed by atoms with E-state index in [9.17, 15) is 14.7 Å². The molecule has 0 spiro atoms. The second kappa shape index (κ2) is 16.9. The number of benzene rings is 1. The molecular formula is C29H42N2O3. The number of carboxylic acids is 1. The summed E-state index contributed by atoms with van der Waals surface area (Å²) in [6.07, 6.45) is 23.2. The van der Waals surface area contributed by atoms with E-state index in [-0.39, 0.29) is 12.3 Å². The molecule has 1 amide bonds. The summed E-state index contributed by atoms with van der Waals surface area (Å²) < 4.78 is 0. The number of carbonyl (C=O) groups excluding carboxylic acids is 1. The summed E-state index contributed by atoms with van der Waals surface area (Å²) in [5, 5.41) is 14.0. The van der Waals surface area contributed by atoms with Crippen LogP contribution in [0.25, 0.3) is 10.8 Å². The number of allylic oxidation sites excluding steroid dienone is 2. The maximum absolute atomic E-state index is 12.8. The Labute approximate surface area is 205 Å². The third kappa shape index (κ3) is 11.0. The van der Waals surface area contributed by atoms with Gasteiger partial charge in [-0.1, -0.05) is 95.4 Å². The van der Waals surface area contributed by atoms with Crippen LogP contribution in [0.3, 0.4) is 0 Å². The largest absolute Gasteiger partial charge is 0.481 e. The number of carbonyl (C=O) groups is 2. The molecule has 2 aromatic rings. The van der Waals surface area contributed by atoms with Gasteiger partial charge in [0.2, 0.25) is 5.91 Å². The van der Waals surface area contributed by atoms with Crippen LogP contribution in [0.4, 0.5) is 5.69 Å². The summed E-state index contributed by atoms with van der Waals surface area (Å²) in [6, 6.07) is 7.54. The lowest BCUT2D eigenvalue weighted by atomic mass is 9.99. The number of amides is 1. The molecule has 5 heteroatoms. The summed E-state index contributed by atoms with van der Waals surface area (Å²) >= 11 is 0. The van der Waals surface area contributed by atoms with E-state index in [1.165, 1.54) is 64.2 Å². The highest BCUT2D eigenvalue weighted by Crippen LogP contribution is 2.24. The standard InChI is InChI=1S/C29H42N2O3/c1-2-3-4-5-6-7-8-9-10-11-12-13-14-15-17-25(22-28(32)33)29(34)31-27-19-16-18-24-20-21-30-23-26(24)27/h14-16,18-21,23,25H,2-13,17,22H2,1H3,(H,31,34)(H,32,33).